The van der Waals surface area contributed by atoms with E-state index in [9.17, 15) is 14.7 Å². The number of fused-ring (bicyclic) bond motifs is 4. The average molecular weight is 415 g/mol. The highest BCUT2D eigenvalue weighted by Gasteiger charge is 2.43. The molecule has 29 heavy (non-hydrogen) atoms. The molecule has 0 radical (unpaired) electrons. The number of benzene rings is 2. The molecule has 0 bridgehead atoms. The number of aliphatic carboxylic acids is 1. The first kappa shape index (κ1) is 15.7. The summed E-state index contributed by atoms with van der Waals surface area (Å²) in [6, 6.07) is 10.4. The van der Waals surface area contributed by atoms with E-state index < -0.39 is 30.7 Å². The Balaban J connectivity index is 1.73. The third kappa shape index (κ3) is 2.73. The van der Waals surface area contributed by atoms with Crippen LogP contribution < -0.4 is 9.47 Å². The van der Waals surface area contributed by atoms with Gasteiger partial charge in [-0.3, -0.25) is 4.79 Å². The number of halogens is 1. The van der Waals surface area contributed by atoms with Crippen LogP contribution in [0.4, 0.5) is 0 Å². The summed E-state index contributed by atoms with van der Waals surface area (Å²) in [6.45, 7) is -2.30. The summed E-state index contributed by atoms with van der Waals surface area (Å²) in [5.74, 6) is -1.61. The van der Waals surface area contributed by atoms with Gasteiger partial charge in [-0.2, -0.15) is 0 Å². The molecule has 0 spiro atoms. The number of rotatable bonds is 3. The Morgan fingerprint density at radius 3 is 2.83 bits per heavy atom. The number of nitrogens with zero attached hydrogens (tertiary/aromatic N) is 1. The Kier molecular flexibility index (Phi) is 3.63. The van der Waals surface area contributed by atoms with Crippen molar-refractivity contribution in [3.63, 3.8) is 0 Å². The molecule has 148 valence electrons. The van der Waals surface area contributed by atoms with Gasteiger partial charge < -0.3 is 24.5 Å². The molecular weight excluding hydrogens is 396 g/mol. The smallest absolute Gasteiger partial charge is 0.326 e. The zero-order valence-corrected chi connectivity index (χ0v) is 15.8. The molecule has 0 saturated heterocycles. The van der Waals surface area contributed by atoms with Crippen LogP contribution in [0, 0.1) is 0 Å². The SMILES string of the molecule is [2H]C1([2H])Oc2ccc(C3c4[nH]c5ccccc5c4C[C@H](C(=O)O)N3C(=O)CCl)cc2O1. The van der Waals surface area contributed by atoms with Crippen LogP contribution in [0.1, 0.15) is 25.6 Å². The van der Waals surface area contributed by atoms with Crippen molar-refractivity contribution in [3.05, 3.63) is 59.3 Å². The van der Waals surface area contributed by atoms with E-state index in [1.54, 1.807) is 18.2 Å². The number of aromatic amines is 1. The first-order valence-electron chi connectivity index (χ1n) is 10.0. The number of carbonyl (C=O) groups is 2. The molecule has 2 N–H and O–H groups in total. The van der Waals surface area contributed by atoms with E-state index in [2.05, 4.69) is 4.98 Å². The Morgan fingerprint density at radius 2 is 2.03 bits per heavy atom. The average Bonchev–Trinajstić information content (AvgIpc) is 3.26. The molecule has 0 saturated carbocycles. The molecule has 0 aliphatic carbocycles. The lowest BCUT2D eigenvalue weighted by molar-refractivity contribution is -0.151. The lowest BCUT2D eigenvalue weighted by Crippen LogP contribution is -2.52. The molecule has 1 aromatic heterocycles. The number of H-pyrrole nitrogens is 1. The summed E-state index contributed by atoms with van der Waals surface area (Å²) in [6.07, 6.45) is 0.140. The van der Waals surface area contributed by atoms with Crippen molar-refractivity contribution in [2.45, 2.75) is 18.5 Å². The predicted molar refractivity (Wildman–Crippen MR) is 105 cm³/mol. The number of carboxylic acid groups (broad SMARTS) is 1. The maximum atomic E-state index is 12.8. The summed E-state index contributed by atoms with van der Waals surface area (Å²) in [5, 5.41) is 10.8. The van der Waals surface area contributed by atoms with Crippen LogP contribution >= 0.6 is 11.6 Å². The van der Waals surface area contributed by atoms with Gasteiger partial charge in [0.1, 0.15) is 14.7 Å². The quantitative estimate of drug-likeness (QED) is 0.643. The first-order valence-corrected chi connectivity index (χ1v) is 9.54. The Morgan fingerprint density at radius 1 is 1.24 bits per heavy atom. The Hall–Kier alpha value is -3.19. The van der Waals surface area contributed by atoms with Crippen LogP contribution in [0.5, 0.6) is 11.5 Å². The fourth-order valence-electron chi connectivity index (χ4n) is 4.17. The third-order valence-electron chi connectivity index (χ3n) is 5.41. The van der Waals surface area contributed by atoms with E-state index in [-0.39, 0.29) is 23.8 Å². The standard InChI is InChI=1S/C21H17ClN2O5/c22-9-18(25)24-15(21(26)27)8-13-12-3-1-2-4-14(12)23-19(13)20(24)11-5-6-16-17(7-11)29-10-28-16/h1-7,15,20,23H,8-10H2,(H,26,27)/t15-,20?/m1/s1/i10D2. The maximum absolute atomic E-state index is 12.8. The van der Waals surface area contributed by atoms with Crippen molar-refractivity contribution in [2.24, 2.45) is 0 Å². The lowest BCUT2D eigenvalue weighted by atomic mass is 9.88. The van der Waals surface area contributed by atoms with Gasteiger partial charge in [0.25, 0.3) is 0 Å². The van der Waals surface area contributed by atoms with Crippen LogP contribution in [0.15, 0.2) is 42.5 Å². The van der Waals surface area contributed by atoms with Crippen molar-refractivity contribution >= 4 is 34.4 Å². The van der Waals surface area contributed by atoms with Crippen molar-refractivity contribution < 1.29 is 26.9 Å². The van der Waals surface area contributed by atoms with Gasteiger partial charge in [0.15, 0.2) is 11.5 Å². The monoisotopic (exact) mass is 414 g/mol. The number of ether oxygens (including phenoxy) is 2. The lowest BCUT2D eigenvalue weighted by Gasteiger charge is -2.40. The minimum atomic E-state index is -2.30. The highest BCUT2D eigenvalue weighted by molar-refractivity contribution is 6.27. The summed E-state index contributed by atoms with van der Waals surface area (Å²) in [7, 11) is 0. The molecule has 3 aromatic rings. The number of hydrogen-bond donors (Lipinski definition) is 2. The van der Waals surface area contributed by atoms with Gasteiger partial charge in [-0.15, -0.1) is 11.6 Å². The fourth-order valence-corrected chi connectivity index (χ4v) is 4.31. The first-order chi connectivity index (χ1) is 14.8. The molecule has 2 atom stereocenters. The van der Waals surface area contributed by atoms with Gasteiger partial charge in [0.05, 0.1) is 6.04 Å². The van der Waals surface area contributed by atoms with Crippen molar-refractivity contribution in [1.82, 2.24) is 9.88 Å². The number of hydrogen-bond acceptors (Lipinski definition) is 4. The molecule has 2 aromatic carbocycles. The maximum Gasteiger partial charge on any atom is 0.326 e. The Bertz CT molecular complexity index is 1230. The number of para-hydroxylation sites is 1. The second kappa shape index (κ2) is 6.70. The number of nitrogens with one attached hydrogen (secondary N) is 1. The van der Waals surface area contributed by atoms with E-state index in [1.165, 1.54) is 4.90 Å². The molecule has 8 heteroatoms. The van der Waals surface area contributed by atoms with Crippen molar-refractivity contribution in [1.29, 1.82) is 0 Å². The van der Waals surface area contributed by atoms with Crippen LogP contribution in [-0.2, 0) is 16.0 Å². The normalized spacial score (nSPS) is 22.7. The van der Waals surface area contributed by atoms with Gasteiger partial charge in [-0.05, 0) is 29.3 Å². The summed E-state index contributed by atoms with van der Waals surface area (Å²) in [5.41, 5.74) is 2.90. The topological polar surface area (TPSA) is 91.9 Å². The predicted octanol–water partition coefficient (Wildman–Crippen LogP) is 3.06. The zero-order chi connectivity index (χ0) is 21.9. The van der Waals surface area contributed by atoms with E-state index >= 15 is 0 Å². The minimum absolute atomic E-state index is 0.140. The second-order valence-electron chi connectivity index (χ2n) is 6.95. The van der Waals surface area contributed by atoms with Gasteiger partial charge in [-0.25, -0.2) is 4.79 Å². The molecule has 2 aliphatic heterocycles. The molecule has 1 unspecified atom stereocenters. The molecule has 3 heterocycles. The largest absolute Gasteiger partial charge is 0.480 e. The van der Waals surface area contributed by atoms with Crippen molar-refractivity contribution in [3.8, 4) is 11.5 Å². The van der Waals surface area contributed by atoms with Gasteiger partial charge in [0, 0.05) is 23.0 Å². The summed E-state index contributed by atoms with van der Waals surface area (Å²) in [4.78, 5) is 29.6. The zero-order valence-electron chi connectivity index (χ0n) is 17.0. The van der Waals surface area contributed by atoms with Gasteiger partial charge in [0.2, 0.25) is 12.7 Å². The fraction of sp³-hybridized carbons (Fsp3) is 0.238. The van der Waals surface area contributed by atoms with E-state index in [1.807, 2.05) is 24.3 Å². The number of amides is 1. The summed E-state index contributed by atoms with van der Waals surface area (Å²) < 4.78 is 25.7. The van der Waals surface area contributed by atoms with Crippen LogP contribution in [0.2, 0.25) is 0 Å². The number of carboxylic acids is 1. The van der Waals surface area contributed by atoms with Crippen LogP contribution in [0.25, 0.3) is 10.9 Å². The highest BCUT2D eigenvalue weighted by Crippen LogP contribution is 2.43. The van der Waals surface area contributed by atoms with Gasteiger partial charge >= 0.3 is 5.97 Å². The molecule has 7 nitrogen and oxygen atoms in total. The molecule has 0 fully saturated rings. The minimum Gasteiger partial charge on any atom is -0.480 e. The van der Waals surface area contributed by atoms with E-state index in [4.69, 9.17) is 23.8 Å². The Labute approximate surface area is 173 Å². The highest BCUT2D eigenvalue weighted by atomic mass is 35.5. The van der Waals surface area contributed by atoms with Crippen LogP contribution in [-0.4, -0.2) is 45.5 Å². The van der Waals surface area contributed by atoms with Crippen LogP contribution in [0.3, 0.4) is 0 Å². The third-order valence-corrected chi connectivity index (χ3v) is 5.63. The van der Waals surface area contributed by atoms with Crippen molar-refractivity contribution in [2.75, 3.05) is 12.6 Å². The number of aromatic nitrogens is 1. The number of alkyl halides is 1. The van der Waals surface area contributed by atoms with Gasteiger partial charge in [-0.1, -0.05) is 24.3 Å². The second-order valence-corrected chi connectivity index (χ2v) is 7.22. The molecule has 1 amide bonds. The number of carbonyl (C=O) groups excluding carboxylic acids is 1. The molecule has 5 rings (SSSR count). The van der Waals surface area contributed by atoms with E-state index in [0.29, 0.717) is 11.3 Å². The molecule has 2 aliphatic rings. The summed E-state index contributed by atoms with van der Waals surface area (Å²) >= 11 is 5.86. The van der Waals surface area contributed by atoms with E-state index in [0.717, 1.165) is 16.5 Å². The molecular formula is C21H17ClN2O5.